The van der Waals surface area contributed by atoms with Crippen LogP contribution in [-0.4, -0.2) is 30.4 Å². The number of aryl methyl sites for hydroxylation is 2. The molecule has 0 bridgehead atoms. The Hall–Kier alpha value is -3.20. The molecule has 10 heteroatoms. The number of anilines is 1. The standard InChI is InChI=1S/C17H17ClN6O3/c1-12-15(24(26)27)11-22(20-12)8-7-16(25)19-17-14(18)10-23(21-17)9-13-5-3-2-4-6-13/h2-6,10-11H,7-9H2,1H3,(H,19,21,25). The number of benzene rings is 1. The Morgan fingerprint density at radius 2 is 1.96 bits per heavy atom. The highest BCUT2D eigenvalue weighted by Crippen LogP contribution is 2.20. The number of carbonyl (C=O) groups excluding carboxylic acids is 1. The Morgan fingerprint density at radius 1 is 1.22 bits per heavy atom. The Bertz CT molecular complexity index is 966. The first kappa shape index (κ1) is 18.6. The van der Waals surface area contributed by atoms with Crippen molar-refractivity contribution >= 4 is 29.0 Å². The van der Waals surface area contributed by atoms with Crippen molar-refractivity contribution in [1.29, 1.82) is 0 Å². The van der Waals surface area contributed by atoms with Crippen LogP contribution in [0, 0.1) is 17.0 Å². The topological polar surface area (TPSA) is 108 Å². The monoisotopic (exact) mass is 388 g/mol. The first-order valence-corrected chi connectivity index (χ1v) is 8.55. The van der Waals surface area contributed by atoms with E-state index in [1.54, 1.807) is 17.8 Å². The minimum atomic E-state index is -0.502. The van der Waals surface area contributed by atoms with Gasteiger partial charge in [-0.2, -0.15) is 10.2 Å². The highest BCUT2D eigenvalue weighted by Gasteiger charge is 2.16. The molecule has 140 valence electrons. The Morgan fingerprint density at radius 3 is 2.63 bits per heavy atom. The maximum atomic E-state index is 12.1. The highest BCUT2D eigenvalue weighted by atomic mass is 35.5. The van der Waals surface area contributed by atoms with Gasteiger partial charge in [-0.3, -0.25) is 24.3 Å². The summed E-state index contributed by atoms with van der Waals surface area (Å²) in [5.74, 6) is -0.0297. The molecule has 3 rings (SSSR count). The number of hydrogen-bond acceptors (Lipinski definition) is 5. The van der Waals surface area contributed by atoms with E-state index in [2.05, 4.69) is 15.5 Å². The Balaban J connectivity index is 1.58. The van der Waals surface area contributed by atoms with E-state index in [0.29, 0.717) is 17.3 Å². The van der Waals surface area contributed by atoms with Crippen LogP contribution < -0.4 is 5.32 Å². The number of hydrogen-bond donors (Lipinski definition) is 1. The zero-order chi connectivity index (χ0) is 19.4. The van der Waals surface area contributed by atoms with E-state index in [0.717, 1.165) is 5.56 Å². The van der Waals surface area contributed by atoms with Crippen LogP contribution >= 0.6 is 11.6 Å². The second kappa shape index (κ2) is 8.00. The first-order chi connectivity index (χ1) is 12.9. The van der Waals surface area contributed by atoms with E-state index in [1.165, 1.54) is 10.9 Å². The molecule has 0 aliphatic rings. The molecule has 9 nitrogen and oxygen atoms in total. The van der Waals surface area contributed by atoms with Gasteiger partial charge in [0.05, 0.1) is 11.5 Å². The lowest BCUT2D eigenvalue weighted by molar-refractivity contribution is -0.385. The van der Waals surface area contributed by atoms with Crippen LogP contribution in [0.1, 0.15) is 17.7 Å². The van der Waals surface area contributed by atoms with Gasteiger partial charge in [-0.15, -0.1) is 0 Å². The van der Waals surface area contributed by atoms with Gasteiger partial charge < -0.3 is 5.32 Å². The third kappa shape index (κ3) is 4.70. The molecule has 0 saturated carbocycles. The lowest BCUT2D eigenvalue weighted by atomic mass is 10.2. The van der Waals surface area contributed by atoms with E-state index < -0.39 is 4.92 Å². The number of nitrogens with zero attached hydrogens (tertiary/aromatic N) is 5. The van der Waals surface area contributed by atoms with E-state index in [4.69, 9.17) is 11.6 Å². The van der Waals surface area contributed by atoms with Crippen molar-refractivity contribution in [2.75, 3.05) is 5.32 Å². The maximum absolute atomic E-state index is 12.1. The average Bonchev–Trinajstić information content (AvgIpc) is 3.16. The third-order valence-electron chi connectivity index (χ3n) is 3.85. The van der Waals surface area contributed by atoms with Crippen molar-refractivity contribution in [1.82, 2.24) is 19.6 Å². The summed E-state index contributed by atoms with van der Waals surface area (Å²) in [5, 5.41) is 22.1. The second-order valence-electron chi connectivity index (χ2n) is 5.93. The molecule has 0 atom stereocenters. The van der Waals surface area contributed by atoms with Crippen molar-refractivity contribution in [3.8, 4) is 0 Å². The summed E-state index contributed by atoms with van der Waals surface area (Å²) in [5.41, 5.74) is 1.30. The minimum absolute atomic E-state index is 0.0712. The summed E-state index contributed by atoms with van der Waals surface area (Å²) in [6.07, 6.45) is 3.04. The number of halogens is 1. The second-order valence-corrected chi connectivity index (χ2v) is 6.33. The van der Waals surface area contributed by atoms with Crippen LogP contribution in [0.2, 0.25) is 5.02 Å². The molecule has 2 heterocycles. The molecule has 0 unspecified atom stereocenters. The van der Waals surface area contributed by atoms with Gasteiger partial charge in [0.25, 0.3) is 0 Å². The van der Waals surface area contributed by atoms with Gasteiger partial charge in [0.2, 0.25) is 5.91 Å². The molecule has 27 heavy (non-hydrogen) atoms. The average molecular weight is 389 g/mol. The first-order valence-electron chi connectivity index (χ1n) is 8.17. The molecule has 0 saturated heterocycles. The summed E-state index contributed by atoms with van der Waals surface area (Å²) in [7, 11) is 0. The predicted octanol–water partition coefficient (Wildman–Crippen LogP) is 3.03. The number of nitro groups is 1. The van der Waals surface area contributed by atoms with Gasteiger partial charge in [-0.05, 0) is 12.5 Å². The summed E-state index contributed by atoms with van der Waals surface area (Å²) >= 11 is 6.14. The van der Waals surface area contributed by atoms with Crippen LogP contribution in [0.5, 0.6) is 0 Å². The van der Waals surface area contributed by atoms with Crippen LogP contribution in [-0.2, 0) is 17.9 Å². The Kier molecular flexibility index (Phi) is 5.51. The van der Waals surface area contributed by atoms with Crippen LogP contribution in [0.25, 0.3) is 0 Å². The molecule has 1 N–H and O–H groups in total. The van der Waals surface area contributed by atoms with Gasteiger partial charge in [0.15, 0.2) is 5.82 Å². The van der Waals surface area contributed by atoms with Crippen molar-refractivity contribution in [3.63, 3.8) is 0 Å². The molecule has 0 spiro atoms. The molecule has 0 fully saturated rings. The fourth-order valence-electron chi connectivity index (χ4n) is 2.55. The molecule has 1 aromatic carbocycles. The number of nitrogens with one attached hydrogen (secondary N) is 1. The van der Waals surface area contributed by atoms with Gasteiger partial charge in [0.1, 0.15) is 16.9 Å². The highest BCUT2D eigenvalue weighted by molar-refractivity contribution is 6.33. The van der Waals surface area contributed by atoms with Gasteiger partial charge in [-0.25, -0.2) is 0 Å². The van der Waals surface area contributed by atoms with E-state index >= 15 is 0 Å². The van der Waals surface area contributed by atoms with Gasteiger partial charge >= 0.3 is 5.69 Å². The zero-order valence-electron chi connectivity index (χ0n) is 14.5. The van der Waals surface area contributed by atoms with E-state index in [9.17, 15) is 14.9 Å². The zero-order valence-corrected chi connectivity index (χ0v) is 15.3. The lowest BCUT2D eigenvalue weighted by Crippen LogP contribution is -2.15. The number of rotatable bonds is 7. The van der Waals surface area contributed by atoms with Crippen molar-refractivity contribution in [2.45, 2.75) is 26.4 Å². The van der Waals surface area contributed by atoms with Crippen LogP contribution in [0.15, 0.2) is 42.7 Å². The maximum Gasteiger partial charge on any atom is 0.309 e. The third-order valence-corrected chi connectivity index (χ3v) is 4.12. The van der Waals surface area contributed by atoms with E-state index in [1.807, 2.05) is 30.3 Å². The summed E-state index contributed by atoms with van der Waals surface area (Å²) in [6.45, 7) is 2.30. The lowest BCUT2D eigenvalue weighted by Gasteiger charge is -2.03. The fraction of sp³-hybridized carbons (Fsp3) is 0.235. The molecule has 1 amide bonds. The molecular formula is C17H17ClN6O3. The SMILES string of the molecule is Cc1nn(CCC(=O)Nc2nn(Cc3ccccc3)cc2Cl)cc1[N+](=O)[O-]. The van der Waals surface area contributed by atoms with Crippen molar-refractivity contribution in [2.24, 2.45) is 0 Å². The quantitative estimate of drug-likeness (QED) is 0.494. The van der Waals surface area contributed by atoms with Crippen molar-refractivity contribution in [3.05, 3.63) is 69.1 Å². The molecule has 2 aromatic heterocycles. The number of aromatic nitrogens is 4. The van der Waals surface area contributed by atoms with Crippen LogP contribution in [0.4, 0.5) is 11.5 Å². The number of carbonyl (C=O) groups is 1. The fourth-order valence-corrected chi connectivity index (χ4v) is 2.74. The molecule has 0 aliphatic heterocycles. The summed E-state index contributed by atoms with van der Waals surface area (Å²) < 4.78 is 3.02. The predicted molar refractivity (Wildman–Crippen MR) is 99.6 cm³/mol. The molecule has 3 aromatic rings. The minimum Gasteiger partial charge on any atom is -0.308 e. The Labute approximate surface area is 159 Å². The van der Waals surface area contributed by atoms with Crippen LogP contribution in [0.3, 0.4) is 0 Å². The van der Waals surface area contributed by atoms with Crippen molar-refractivity contribution < 1.29 is 9.72 Å². The van der Waals surface area contributed by atoms with E-state index in [-0.39, 0.29) is 30.4 Å². The molecule has 0 radical (unpaired) electrons. The molecule has 0 aliphatic carbocycles. The van der Waals surface area contributed by atoms with Gasteiger partial charge in [0, 0.05) is 19.2 Å². The smallest absolute Gasteiger partial charge is 0.308 e. The normalized spacial score (nSPS) is 10.7. The van der Waals surface area contributed by atoms with Gasteiger partial charge in [-0.1, -0.05) is 41.9 Å². The summed E-state index contributed by atoms with van der Waals surface area (Å²) in [6, 6.07) is 9.74. The largest absolute Gasteiger partial charge is 0.309 e. The number of amides is 1. The molecular weight excluding hydrogens is 372 g/mol. The summed E-state index contributed by atoms with van der Waals surface area (Å²) in [4.78, 5) is 22.5.